The molecule has 0 saturated carbocycles. The Hall–Kier alpha value is -1.56. The molecule has 2 rings (SSSR count). The summed E-state index contributed by atoms with van der Waals surface area (Å²) in [5.74, 6) is -0.428. The second-order valence-electron chi connectivity index (χ2n) is 4.88. The molecule has 2 N–H and O–H groups in total. The molecule has 0 fully saturated rings. The summed E-state index contributed by atoms with van der Waals surface area (Å²) in [6.45, 7) is 1.97. The number of anilines is 1. The van der Waals surface area contributed by atoms with E-state index in [1.165, 1.54) is 6.07 Å². The Labute approximate surface area is 114 Å². The van der Waals surface area contributed by atoms with Crippen LogP contribution in [0.4, 0.5) is 23.2 Å². The lowest BCUT2D eigenvalue weighted by Gasteiger charge is -2.31. The zero-order valence-electron chi connectivity index (χ0n) is 11.0. The van der Waals surface area contributed by atoms with E-state index in [4.69, 9.17) is 5.73 Å². The predicted molar refractivity (Wildman–Crippen MR) is 70.0 cm³/mol. The van der Waals surface area contributed by atoms with Gasteiger partial charge in [-0.2, -0.15) is 13.2 Å². The first-order valence-corrected chi connectivity index (χ1v) is 6.36. The molecule has 1 aromatic rings. The van der Waals surface area contributed by atoms with Gasteiger partial charge in [-0.25, -0.2) is 4.39 Å². The van der Waals surface area contributed by atoms with Crippen molar-refractivity contribution >= 4 is 5.69 Å². The average Bonchev–Trinajstić information content (AvgIpc) is 2.37. The highest BCUT2D eigenvalue weighted by molar-refractivity contribution is 5.56. The van der Waals surface area contributed by atoms with Gasteiger partial charge in [0.15, 0.2) is 0 Å². The SMILES string of the molecule is C[C@@H](N)c1c(F)cccc1N1CC=C(C(F)(F)F)CC1. The lowest BCUT2D eigenvalue weighted by atomic mass is 10.0. The van der Waals surface area contributed by atoms with E-state index in [0.29, 0.717) is 11.3 Å². The Balaban J connectivity index is 2.28. The lowest BCUT2D eigenvalue weighted by molar-refractivity contribution is -0.0944. The van der Waals surface area contributed by atoms with Gasteiger partial charge in [0, 0.05) is 36.0 Å². The van der Waals surface area contributed by atoms with Crippen LogP contribution in [-0.4, -0.2) is 19.3 Å². The van der Waals surface area contributed by atoms with Crippen molar-refractivity contribution in [2.24, 2.45) is 5.73 Å². The normalized spacial score (nSPS) is 17.9. The summed E-state index contributed by atoms with van der Waals surface area (Å²) in [5, 5.41) is 0. The van der Waals surface area contributed by atoms with Crippen LogP contribution < -0.4 is 10.6 Å². The number of nitrogens with two attached hydrogens (primary N) is 1. The Bertz CT molecular complexity index is 520. The van der Waals surface area contributed by atoms with Gasteiger partial charge in [-0.05, 0) is 25.5 Å². The van der Waals surface area contributed by atoms with E-state index in [1.807, 2.05) is 0 Å². The topological polar surface area (TPSA) is 29.3 Å². The molecule has 1 aliphatic heterocycles. The van der Waals surface area contributed by atoms with E-state index >= 15 is 0 Å². The number of hydrogen-bond donors (Lipinski definition) is 1. The van der Waals surface area contributed by atoms with Crippen LogP contribution in [0.3, 0.4) is 0 Å². The van der Waals surface area contributed by atoms with Gasteiger partial charge in [-0.1, -0.05) is 12.1 Å². The second-order valence-corrected chi connectivity index (χ2v) is 4.88. The van der Waals surface area contributed by atoms with Gasteiger partial charge in [0.2, 0.25) is 0 Å². The Morgan fingerprint density at radius 3 is 2.50 bits per heavy atom. The maximum absolute atomic E-state index is 13.8. The van der Waals surface area contributed by atoms with E-state index in [-0.39, 0.29) is 19.5 Å². The minimum absolute atomic E-state index is 0.0988. The number of nitrogens with zero attached hydrogens (tertiary/aromatic N) is 1. The molecule has 0 amide bonds. The van der Waals surface area contributed by atoms with E-state index in [9.17, 15) is 17.6 Å². The highest BCUT2D eigenvalue weighted by Gasteiger charge is 2.35. The van der Waals surface area contributed by atoms with Crippen LogP contribution in [0, 0.1) is 5.82 Å². The molecule has 1 heterocycles. The Morgan fingerprint density at radius 2 is 2.00 bits per heavy atom. The maximum atomic E-state index is 13.8. The zero-order valence-corrected chi connectivity index (χ0v) is 11.0. The fourth-order valence-electron chi connectivity index (χ4n) is 2.40. The molecule has 1 aliphatic rings. The van der Waals surface area contributed by atoms with E-state index in [1.54, 1.807) is 24.0 Å². The van der Waals surface area contributed by atoms with Crippen molar-refractivity contribution in [3.8, 4) is 0 Å². The zero-order chi connectivity index (χ0) is 14.9. The third-order valence-corrected chi connectivity index (χ3v) is 3.40. The van der Waals surface area contributed by atoms with Crippen molar-refractivity contribution < 1.29 is 17.6 Å². The minimum Gasteiger partial charge on any atom is -0.367 e. The quantitative estimate of drug-likeness (QED) is 0.666. The largest absolute Gasteiger partial charge is 0.412 e. The van der Waals surface area contributed by atoms with Crippen molar-refractivity contribution in [3.05, 3.63) is 41.2 Å². The first kappa shape index (κ1) is 14.8. The fraction of sp³-hybridized carbons (Fsp3) is 0.429. The third kappa shape index (κ3) is 2.95. The first-order chi connectivity index (χ1) is 9.30. The van der Waals surface area contributed by atoms with Crippen LogP contribution in [0.2, 0.25) is 0 Å². The predicted octanol–water partition coefficient (Wildman–Crippen LogP) is 3.54. The molecule has 20 heavy (non-hydrogen) atoms. The highest BCUT2D eigenvalue weighted by atomic mass is 19.4. The molecule has 2 nitrogen and oxygen atoms in total. The van der Waals surface area contributed by atoms with E-state index < -0.39 is 23.6 Å². The summed E-state index contributed by atoms with van der Waals surface area (Å²) in [5.41, 5.74) is 6.15. The molecule has 0 radical (unpaired) electrons. The van der Waals surface area contributed by atoms with Crippen LogP contribution in [-0.2, 0) is 0 Å². The second kappa shape index (κ2) is 5.44. The van der Waals surface area contributed by atoms with Crippen LogP contribution in [0.15, 0.2) is 29.8 Å². The first-order valence-electron chi connectivity index (χ1n) is 6.36. The standard InChI is InChI=1S/C14H16F4N2/c1-9(19)13-11(15)3-2-4-12(13)20-7-5-10(6-8-20)14(16,17)18/h2-5,9H,6-8,19H2,1H3/t9-/m1/s1. The molecule has 1 atom stereocenters. The number of halogens is 4. The van der Waals surface area contributed by atoms with Gasteiger partial charge in [-0.3, -0.25) is 0 Å². The fourth-order valence-corrected chi connectivity index (χ4v) is 2.40. The van der Waals surface area contributed by atoms with Crippen LogP contribution in [0.5, 0.6) is 0 Å². The molecule has 1 aromatic carbocycles. The molecular weight excluding hydrogens is 272 g/mol. The number of alkyl halides is 3. The molecule has 0 bridgehead atoms. The lowest BCUT2D eigenvalue weighted by Crippen LogP contribution is -2.33. The molecule has 0 aliphatic carbocycles. The highest BCUT2D eigenvalue weighted by Crippen LogP contribution is 2.34. The molecule has 0 unspecified atom stereocenters. The number of rotatable bonds is 2. The van der Waals surface area contributed by atoms with Crippen molar-refractivity contribution in [1.82, 2.24) is 0 Å². The smallest absolute Gasteiger partial charge is 0.367 e. The van der Waals surface area contributed by atoms with Gasteiger partial charge in [-0.15, -0.1) is 0 Å². The van der Waals surface area contributed by atoms with Gasteiger partial charge in [0.1, 0.15) is 5.82 Å². The Morgan fingerprint density at radius 1 is 1.30 bits per heavy atom. The number of benzene rings is 1. The molecule has 6 heteroatoms. The molecule has 0 spiro atoms. The van der Waals surface area contributed by atoms with Gasteiger partial charge < -0.3 is 10.6 Å². The van der Waals surface area contributed by atoms with Crippen LogP contribution in [0.25, 0.3) is 0 Å². The summed E-state index contributed by atoms with van der Waals surface area (Å²) < 4.78 is 51.5. The van der Waals surface area contributed by atoms with E-state index in [2.05, 4.69) is 0 Å². The average molecular weight is 288 g/mol. The van der Waals surface area contributed by atoms with Crippen molar-refractivity contribution in [2.75, 3.05) is 18.0 Å². The Kier molecular flexibility index (Phi) is 4.04. The van der Waals surface area contributed by atoms with Crippen molar-refractivity contribution in [2.45, 2.75) is 25.6 Å². The molecular formula is C14H16F4N2. The third-order valence-electron chi connectivity index (χ3n) is 3.40. The summed E-state index contributed by atoms with van der Waals surface area (Å²) in [6, 6.07) is 4.02. The summed E-state index contributed by atoms with van der Waals surface area (Å²) >= 11 is 0. The summed E-state index contributed by atoms with van der Waals surface area (Å²) in [7, 11) is 0. The summed E-state index contributed by atoms with van der Waals surface area (Å²) in [6.07, 6.45) is -3.23. The summed E-state index contributed by atoms with van der Waals surface area (Å²) in [4.78, 5) is 1.72. The van der Waals surface area contributed by atoms with Crippen molar-refractivity contribution in [3.63, 3.8) is 0 Å². The molecule has 0 saturated heterocycles. The van der Waals surface area contributed by atoms with Gasteiger partial charge in [0.25, 0.3) is 0 Å². The van der Waals surface area contributed by atoms with E-state index in [0.717, 1.165) is 6.08 Å². The minimum atomic E-state index is -4.28. The van der Waals surface area contributed by atoms with Crippen LogP contribution in [0.1, 0.15) is 24.9 Å². The molecule has 0 aromatic heterocycles. The number of hydrogen-bond acceptors (Lipinski definition) is 2. The van der Waals surface area contributed by atoms with Gasteiger partial charge in [0.05, 0.1) is 0 Å². The van der Waals surface area contributed by atoms with Gasteiger partial charge >= 0.3 is 6.18 Å². The van der Waals surface area contributed by atoms with Crippen molar-refractivity contribution in [1.29, 1.82) is 0 Å². The van der Waals surface area contributed by atoms with Crippen LogP contribution >= 0.6 is 0 Å². The maximum Gasteiger partial charge on any atom is 0.412 e. The molecule has 110 valence electrons. The monoisotopic (exact) mass is 288 g/mol.